The summed E-state index contributed by atoms with van der Waals surface area (Å²) in [6, 6.07) is 0. The Bertz CT molecular complexity index is 189. The van der Waals surface area contributed by atoms with Crippen molar-refractivity contribution in [2.24, 2.45) is 11.7 Å². The lowest BCUT2D eigenvalue weighted by atomic mass is 9.84. The third-order valence-corrected chi connectivity index (χ3v) is 2.81. The van der Waals surface area contributed by atoms with E-state index in [4.69, 9.17) is 15.2 Å². The fourth-order valence-corrected chi connectivity index (χ4v) is 1.89. The SMILES string of the molecule is COC1(OC)CCCC(C(N)=O)C1. The molecule has 1 rings (SSSR count). The first kappa shape index (κ1) is 10.5. The second-order valence-corrected chi connectivity index (χ2v) is 3.51. The van der Waals surface area contributed by atoms with Crippen molar-refractivity contribution in [2.75, 3.05) is 14.2 Å². The Morgan fingerprint density at radius 2 is 2.08 bits per heavy atom. The molecular weight excluding hydrogens is 170 g/mol. The van der Waals surface area contributed by atoms with Crippen molar-refractivity contribution in [2.45, 2.75) is 31.5 Å². The van der Waals surface area contributed by atoms with Crippen LogP contribution in [0.25, 0.3) is 0 Å². The smallest absolute Gasteiger partial charge is 0.220 e. The minimum Gasteiger partial charge on any atom is -0.369 e. The summed E-state index contributed by atoms with van der Waals surface area (Å²) in [5.74, 6) is -0.940. The second kappa shape index (κ2) is 4.07. The van der Waals surface area contributed by atoms with Gasteiger partial charge in [0, 0.05) is 33.0 Å². The van der Waals surface area contributed by atoms with Crippen LogP contribution in [0.4, 0.5) is 0 Å². The van der Waals surface area contributed by atoms with Gasteiger partial charge in [0.2, 0.25) is 5.91 Å². The number of carbonyl (C=O) groups is 1. The van der Waals surface area contributed by atoms with Gasteiger partial charge in [-0.25, -0.2) is 0 Å². The molecule has 76 valence electrons. The maximum atomic E-state index is 11.0. The van der Waals surface area contributed by atoms with Crippen LogP contribution >= 0.6 is 0 Å². The average Bonchev–Trinajstić information content (AvgIpc) is 2.18. The van der Waals surface area contributed by atoms with Crippen LogP contribution in [0, 0.1) is 5.92 Å². The minimum absolute atomic E-state index is 0.103. The van der Waals surface area contributed by atoms with E-state index in [0.29, 0.717) is 6.42 Å². The predicted molar refractivity (Wildman–Crippen MR) is 47.9 cm³/mol. The summed E-state index contributed by atoms with van der Waals surface area (Å²) in [7, 11) is 3.21. The van der Waals surface area contributed by atoms with Crippen LogP contribution < -0.4 is 5.73 Å². The highest BCUT2D eigenvalue weighted by Gasteiger charge is 2.38. The van der Waals surface area contributed by atoms with E-state index in [9.17, 15) is 4.79 Å². The Hall–Kier alpha value is -0.610. The molecule has 0 heterocycles. The van der Waals surface area contributed by atoms with Gasteiger partial charge in [-0.2, -0.15) is 0 Å². The standard InChI is InChI=1S/C9H17NO3/c1-12-9(13-2)5-3-4-7(6-9)8(10)11/h7H,3-6H2,1-2H3,(H2,10,11). The third-order valence-electron chi connectivity index (χ3n) is 2.81. The molecular formula is C9H17NO3. The van der Waals surface area contributed by atoms with Crippen molar-refractivity contribution in [3.63, 3.8) is 0 Å². The van der Waals surface area contributed by atoms with Crippen molar-refractivity contribution in [3.05, 3.63) is 0 Å². The zero-order valence-corrected chi connectivity index (χ0v) is 8.21. The van der Waals surface area contributed by atoms with Crippen molar-refractivity contribution >= 4 is 5.91 Å². The minimum atomic E-state index is -0.585. The molecule has 0 saturated heterocycles. The van der Waals surface area contributed by atoms with E-state index in [-0.39, 0.29) is 11.8 Å². The summed E-state index contributed by atoms with van der Waals surface area (Å²) >= 11 is 0. The number of hydrogen-bond donors (Lipinski definition) is 1. The molecule has 1 aliphatic carbocycles. The number of amides is 1. The highest BCUT2D eigenvalue weighted by molar-refractivity contribution is 5.76. The lowest BCUT2D eigenvalue weighted by Crippen LogP contribution is -2.42. The average molecular weight is 187 g/mol. The number of carbonyl (C=O) groups excluding carboxylic acids is 1. The monoisotopic (exact) mass is 187 g/mol. The van der Waals surface area contributed by atoms with Gasteiger partial charge in [-0.05, 0) is 12.8 Å². The van der Waals surface area contributed by atoms with Crippen LogP contribution in [0.2, 0.25) is 0 Å². The van der Waals surface area contributed by atoms with Gasteiger partial charge >= 0.3 is 0 Å². The second-order valence-electron chi connectivity index (χ2n) is 3.51. The number of ether oxygens (including phenoxy) is 2. The Morgan fingerprint density at radius 3 is 2.54 bits per heavy atom. The van der Waals surface area contributed by atoms with Crippen LogP contribution in [0.3, 0.4) is 0 Å². The Kier molecular flexibility index (Phi) is 3.27. The molecule has 0 aromatic rings. The van der Waals surface area contributed by atoms with Crippen molar-refractivity contribution in [3.8, 4) is 0 Å². The molecule has 2 N–H and O–H groups in total. The molecule has 0 aromatic carbocycles. The van der Waals surface area contributed by atoms with Gasteiger partial charge in [0.05, 0.1) is 0 Å². The number of primary amides is 1. The van der Waals surface area contributed by atoms with E-state index >= 15 is 0 Å². The van der Waals surface area contributed by atoms with E-state index in [1.807, 2.05) is 0 Å². The lowest BCUT2D eigenvalue weighted by molar-refractivity contribution is -0.230. The van der Waals surface area contributed by atoms with Crippen LogP contribution in [0.15, 0.2) is 0 Å². The number of rotatable bonds is 3. The Morgan fingerprint density at radius 1 is 1.46 bits per heavy atom. The molecule has 0 bridgehead atoms. The van der Waals surface area contributed by atoms with Gasteiger partial charge in [0.1, 0.15) is 0 Å². The maximum absolute atomic E-state index is 11.0. The summed E-state index contributed by atoms with van der Waals surface area (Å²) in [4.78, 5) is 11.0. The van der Waals surface area contributed by atoms with E-state index < -0.39 is 5.79 Å². The van der Waals surface area contributed by atoms with E-state index in [1.165, 1.54) is 0 Å². The molecule has 1 atom stereocenters. The first-order chi connectivity index (χ1) is 6.13. The molecule has 1 unspecified atom stereocenters. The van der Waals surface area contributed by atoms with Gasteiger partial charge in [-0.15, -0.1) is 0 Å². The zero-order chi connectivity index (χ0) is 9.90. The number of nitrogens with two attached hydrogens (primary N) is 1. The van der Waals surface area contributed by atoms with Crippen LogP contribution in [0.1, 0.15) is 25.7 Å². The number of methoxy groups -OCH3 is 2. The first-order valence-electron chi connectivity index (χ1n) is 4.53. The number of hydrogen-bond acceptors (Lipinski definition) is 3. The highest BCUT2D eigenvalue weighted by Crippen LogP contribution is 2.35. The molecule has 1 saturated carbocycles. The Balaban J connectivity index is 2.63. The molecule has 1 aliphatic rings. The van der Waals surface area contributed by atoms with E-state index in [0.717, 1.165) is 19.3 Å². The van der Waals surface area contributed by atoms with Gasteiger partial charge in [-0.1, -0.05) is 0 Å². The fraction of sp³-hybridized carbons (Fsp3) is 0.889. The summed E-state index contributed by atoms with van der Waals surface area (Å²) in [6.45, 7) is 0. The topological polar surface area (TPSA) is 61.6 Å². The largest absolute Gasteiger partial charge is 0.369 e. The lowest BCUT2D eigenvalue weighted by Gasteiger charge is -2.37. The maximum Gasteiger partial charge on any atom is 0.220 e. The molecule has 1 fully saturated rings. The van der Waals surface area contributed by atoms with Crippen molar-refractivity contribution in [1.29, 1.82) is 0 Å². The van der Waals surface area contributed by atoms with E-state index in [2.05, 4.69) is 0 Å². The molecule has 1 amide bonds. The van der Waals surface area contributed by atoms with E-state index in [1.54, 1.807) is 14.2 Å². The molecule has 0 spiro atoms. The molecule has 0 aliphatic heterocycles. The molecule has 0 aromatic heterocycles. The molecule has 4 nitrogen and oxygen atoms in total. The van der Waals surface area contributed by atoms with Gasteiger partial charge in [0.15, 0.2) is 5.79 Å². The molecule has 13 heavy (non-hydrogen) atoms. The molecule has 4 heteroatoms. The fourth-order valence-electron chi connectivity index (χ4n) is 1.89. The summed E-state index contributed by atoms with van der Waals surface area (Å²) in [6.07, 6.45) is 3.19. The predicted octanol–water partition coefficient (Wildman–Crippen LogP) is 0.651. The van der Waals surface area contributed by atoms with Gasteiger partial charge in [0.25, 0.3) is 0 Å². The Labute approximate surface area is 78.4 Å². The highest BCUT2D eigenvalue weighted by atomic mass is 16.7. The van der Waals surface area contributed by atoms with Gasteiger partial charge in [-0.3, -0.25) is 4.79 Å². The summed E-state index contributed by atoms with van der Waals surface area (Å²) < 4.78 is 10.6. The molecule has 0 radical (unpaired) electrons. The van der Waals surface area contributed by atoms with Crippen molar-refractivity contribution < 1.29 is 14.3 Å². The van der Waals surface area contributed by atoms with Crippen LogP contribution in [-0.2, 0) is 14.3 Å². The normalized spacial score (nSPS) is 27.1. The van der Waals surface area contributed by atoms with Crippen molar-refractivity contribution in [1.82, 2.24) is 0 Å². The first-order valence-corrected chi connectivity index (χ1v) is 4.53. The summed E-state index contributed by atoms with van der Waals surface area (Å²) in [5, 5.41) is 0. The third kappa shape index (κ3) is 2.19. The van der Waals surface area contributed by atoms with Crippen LogP contribution in [0.5, 0.6) is 0 Å². The van der Waals surface area contributed by atoms with Crippen LogP contribution in [-0.4, -0.2) is 25.9 Å². The quantitative estimate of drug-likeness (QED) is 0.660. The zero-order valence-electron chi connectivity index (χ0n) is 8.21. The van der Waals surface area contributed by atoms with Gasteiger partial charge < -0.3 is 15.2 Å². The summed E-state index contributed by atoms with van der Waals surface area (Å²) in [5.41, 5.74) is 5.25.